The van der Waals surface area contributed by atoms with Gasteiger partial charge in [-0.15, -0.1) is 0 Å². The highest BCUT2D eigenvalue weighted by molar-refractivity contribution is 4.69. The minimum atomic E-state index is 1.23. The average Bonchev–Trinajstić information content (AvgIpc) is 3.16. The third-order valence-corrected chi connectivity index (χ3v) is 5.07. The van der Waals surface area contributed by atoms with Gasteiger partial charge in [-0.25, -0.2) is 0 Å². The highest BCUT2D eigenvalue weighted by Gasteiger charge is 2.13. The zero-order valence-electron chi connectivity index (χ0n) is 14.4. The molecule has 4 heteroatoms. The Morgan fingerprint density at radius 2 is 1.00 bits per heavy atom. The van der Waals surface area contributed by atoms with Crippen LogP contribution in [0.2, 0.25) is 0 Å². The van der Waals surface area contributed by atoms with Gasteiger partial charge in [0.15, 0.2) is 0 Å². The predicted molar refractivity (Wildman–Crippen MR) is 91.0 cm³/mol. The van der Waals surface area contributed by atoms with E-state index < -0.39 is 0 Å². The molecule has 2 aliphatic heterocycles. The van der Waals surface area contributed by atoms with E-state index in [0.717, 1.165) is 0 Å². The standard InChI is InChI=1S/C17H36N4/c1-18(14-16-20-10-3-4-11-20)8-7-9-19(2)15-17-21-12-5-6-13-21/h3-17H2,1-2H3. The Morgan fingerprint density at radius 1 is 0.619 bits per heavy atom. The Hall–Kier alpha value is -0.160. The van der Waals surface area contributed by atoms with Gasteiger partial charge in [0.1, 0.15) is 0 Å². The first-order chi connectivity index (χ1) is 10.2. The van der Waals surface area contributed by atoms with Crippen molar-refractivity contribution in [2.75, 3.05) is 79.5 Å². The normalized spacial score (nSPS) is 21.1. The van der Waals surface area contributed by atoms with Crippen molar-refractivity contribution in [2.24, 2.45) is 0 Å². The molecule has 0 unspecified atom stereocenters. The van der Waals surface area contributed by atoms with Crippen LogP contribution in [-0.2, 0) is 0 Å². The van der Waals surface area contributed by atoms with Gasteiger partial charge in [0.25, 0.3) is 0 Å². The molecule has 0 amide bonds. The van der Waals surface area contributed by atoms with Gasteiger partial charge in [0.05, 0.1) is 0 Å². The molecule has 0 aromatic carbocycles. The molecule has 4 nitrogen and oxygen atoms in total. The molecule has 0 radical (unpaired) electrons. The molecule has 0 N–H and O–H groups in total. The Kier molecular flexibility index (Phi) is 8.01. The summed E-state index contributed by atoms with van der Waals surface area (Å²) in [4.78, 5) is 10.2. The lowest BCUT2D eigenvalue weighted by Crippen LogP contribution is -2.35. The fourth-order valence-electron chi connectivity index (χ4n) is 3.47. The van der Waals surface area contributed by atoms with Crippen LogP contribution in [0.4, 0.5) is 0 Å². The number of likely N-dealkylation sites (tertiary alicyclic amines) is 2. The summed E-state index contributed by atoms with van der Waals surface area (Å²) < 4.78 is 0. The van der Waals surface area contributed by atoms with E-state index >= 15 is 0 Å². The van der Waals surface area contributed by atoms with Crippen LogP contribution < -0.4 is 0 Å². The molecule has 0 aromatic heterocycles. The number of likely N-dealkylation sites (N-methyl/N-ethyl adjacent to an activating group) is 2. The summed E-state index contributed by atoms with van der Waals surface area (Å²) in [5, 5.41) is 0. The topological polar surface area (TPSA) is 13.0 Å². The van der Waals surface area contributed by atoms with Crippen molar-refractivity contribution in [3.05, 3.63) is 0 Å². The largest absolute Gasteiger partial charge is 0.305 e. The van der Waals surface area contributed by atoms with Crippen LogP contribution in [-0.4, -0.2) is 99.1 Å². The van der Waals surface area contributed by atoms with E-state index in [2.05, 4.69) is 33.7 Å². The van der Waals surface area contributed by atoms with Crippen molar-refractivity contribution in [1.82, 2.24) is 19.6 Å². The highest BCUT2D eigenvalue weighted by atomic mass is 15.2. The fraction of sp³-hybridized carbons (Fsp3) is 1.00. The zero-order chi connectivity index (χ0) is 14.9. The maximum atomic E-state index is 2.61. The minimum Gasteiger partial charge on any atom is -0.305 e. The van der Waals surface area contributed by atoms with Gasteiger partial charge in [-0.05, 0) is 85.5 Å². The predicted octanol–water partition coefficient (Wildman–Crippen LogP) is 1.43. The summed E-state index contributed by atoms with van der Waals surface area (Å²) in [7, 11) is 4.56. The molecule has 2 rings (SSSR count). The smallest absolute Gasteiger partial charge is 0.0109 e. The third kappa shape index (κ3) is 7.09. The number of nitrogens with zero attached hydrogens (tertiary/aromatic N) is 4. The molecular weight excluding hydrogens is 260 g/mol. The summed E-state index contributed by atoms with van der Waals surface area (Å²) in [6.07, 6.45) is 6.93. The molecule has 0 aromatic rings. The van der Waals surface area contributed by atoms with Gasteiger partial charge < -0.3 is 19.6 Å². The van der Waals surface area contributed by atoms with Crippen LogP contribution in [0.5, 0.6) is 0 Å². The van der Waals surface area contributed by atoms with Gasteiger partial charge in [-0.1, -0.05) is 0 Å². The van der Waals surface area contributed by atoms with Gasteiger partial charge in [0.2, 0.25) is 0 Å². The summed E-state index contributed by atoms with van der Waals surface area (Å²) in [6, 6.07) is 0. The molecular formula is C17H36N4. The lowest BCUT2D eigenvalue weighted by molar-refractivity contribution is 0.227. The maximum absolute atomic E-state index is 2.61. The molecule has 0 bridgehead atoms. The number of hydrogen-bond acceptors (Lipinski definition) is 4. The Morgan fingerprint density at radius 3 is 1.38 bits per heavy atom. The van der Waals surface area contributed by atoms with E-state index in [4.69, 9.17) is 0 Å². The molecule has 2 fully saturated rings. The van der Waals surface area contributed by atoms with Crippen molar-refractivity contribution < 1.29 is 0 Å². The molecule has 21 heavy (non-hydrogen) atoms. The van der Waals surface area contributed by atoms with E-state index in [1.807, 2.05) is 0 Å². The Labute approximate surface area is 132 Å². The van der Waals surface area contributed by atoms with E-state index in [1.54, 1.807) is 0 Å². The first kappa shape index (κ1) is 17.2. The Balaban J connectivity index is 1.43. The molecule has 2 saturated heterocycles. The highest BCUT2D eigenvalue weighted by Crippen LogP contribution is 2.07. The second-order valence-electron chi connectivity index (χ2n) is 7.06. The van der Waals surface area contributed by atoms with Crippen molar-refractivity contribution in [3.8, 4) is 0 Å². The van der Waals surface area contributed by atoms with E-state index in [1.165, 1.54) is 97.6 Å². The van der Waals surface area contributed by atoms with Gasteiger partial charge in [0, 0.05) is 26.2 Å². The van der Waals surface area contributed by atoms with Crippen molar-refractivity contribution in [3.63, 3.8) is 0 Å². The average molecular weight is 297 g/mol. The zero-order valence-corrected chi connectivity index (χ0v) is 14.4. The number of rotatable bonds is 10. The summed E-state index contributed by atoms with van der Waals surface area (Å²) >= 11 is 0. The van der Waals surface area contributed by atoms with Gasteiger partial charge in [-0.2, -0.15) is 0 Å². The first-order valence-electron chi connectivity index (χ1n) is 9.06. The molecule has 0 spiro atoms. The van der Waals surface area contributed by atoms with Crippen LogP contribution >= 0.6 is 0 Å². The van der Waals surface area contributed by atoms with Crippen LogP contribution in [0.3, 0.4) is 0 Å². The fourth-order valence-corrected chi connectivity index (χ4v) is 3.47. The van der Waals surface area contributed by atoms with Crippen LogP contribution in [0.25, 0.3) is 0 Å². The Bertz CT molecular complexity index is 234. The third-order valence-electron chi connectivity index (χ3n) is 5.07. The molecule has 0 atom stereocenters. The molecule has 2 aliphatic rings. The van der Waals surface area contributed by atoms with Crippen LogP contribution in [0.1, 0.15) is 32.1 Å². The second kappa shape index (κ2) is 9.78. The van der Waals surface area contributed by atoms with Gasteiger partial charge >= 0.3 is 0 Å². The summed E-state index contributed by atoms with van der Waals surface area (Å²) in [6.45, 7) is 12.8. The van der Waals surface area contributed by atoms with E-state index in [-0.39, 0.29) is 0 Å². The second-order valence-corrected chi connectivity index (χ2v) is 7.06. The summed E-state index contributed by atoms with van der Waals surface area (Å²) in [5.74, 6) is 0. The number of hydrogen-bond donors (Lipinski definition) is 0. The molecule has 0 aliphatic carbocycles. The maximum Gasteiger partial charge on any atom is 0.0109 e. The summed E-state index contributed by atoms with van der Waals surface area (Å²) in [5.41, 5.74) is 0. The lowest BCUT2D eigenvalue weighted by Gasteiger charge is -2.24. The molecule has 2 heterocycles. The monoisotopic (exact) mass is 296 g/mol. The first-order valence-corrected chi connectivity index (χ1v) is 9.06. The lowest BCUT2D eigenvalue weighted by atomic mass is 10.3. The van der Waals surface area contributed by atoms with Crippen LogP contribution in [0, 0.1) is 0 Å². The molecule has 0 saturated carbocycles. The quantitative estimate of drug-likeness (QED) is 0.605. The van der Waals surface area contributed by atoms with E-state index in [0.29, 0.717) is 0 Å². The van der Waals surface area contributed by atoms with Gasteiger partial charge in [-0.3, -0.25) is 0 Å². The minimum absolute atomic E-state index is 1.23. The van der Waals surface area contributed by atoms with E-state index in [9.17, 15) is 0 Å². The van der Waals surface area contributed by atoms with Crippen molar-refractivity contribution in [1.29, 1.82) is 0 Å². The molecule has 124 valence electrons. The van der Waals surface area contributed by atoms with Crippen molar-refractivity contribution in [2.45, 2.75) is 32.1 Å². The van der Waals surface area contributed by atoms with Crippen LogP contribution in [0.15, 0.2) is 0 Å². The SMILES string of the molecule is CN(CCCN(C)CCN1CCCC1)CCN1CCCC1. The van der Waals surface area contributed by atoms with Crippen molar-refractivity contribution >= 4 is 0 Å².